The Morgan fingerprint density at radius 2 is 1.63 bits per heavy atom. The number of nitrogens with zero attached hydrogens (tertiary/aromatic N) is 2. The fourth-order valence-electron chi connectivity index (χ4n) is 4.04. The lowest BCUT2D eigenvalue weighted by Crippen LogP contribution is -2.36. The molecule has 2 heterocycles. The topological polar surface area (TPSA) is 105 Å². The molecule has 172 valence electrons. The van der Waals surface area contributed by atoms with Gasteiger partial charge in [0.2, 0.25) is 0 Å². The van der Waals surface area contributed by atoms with Crippen molar-refractivity contribution < 1.29 is 4.79 Å². The summed E-state index contributed by atoms with van der Waals surface area (Å²) in [7, 11) is 0. The average molecular weight is 461 g/mol. The summed E-state index contributed by atoms with van der Waals surface area (Å²) in [6.45, 7) is 0.517. The maximum absolute atomic E-state index is 12.2. The van der Waals surface area contributed by atoms with Gasteiger partial charge in [0.05, 0.1) is 11.4 Å². The van der Waals surface area contributed by atoms with Gasteiger partial charge in [-0.15, -0.1) is 0 Å². The van der Waals surface area contributed by atoms with E-state index in [1.165, 1.54) is 0 Å². The van der Waals surface area contributed by atoms with Crippen LogP contribution >= 0.6 is 0 Å². The van der Waals surface area contributed by atoms with Crippen molar-refractivity contribution in [3.05, 3.63) is 119 Å². The van der Waals surface area contributed by atoms with Gasteiger partial charge in [0.15, 0.2) is 5.82 Å². The molecule has 4 N–H and O–H groups in total. The van der Waals surface area contributed by atoms with E-state index in [2.05, 4.69) is 15.6 Å². The van der Waals surface area contributed by atoms with Crippen LogP contribution in [0.3, 0.4) is 0 Å². The molecule has 4 aromatic rings. The predicted octanol–water partition coefficient (Wildman–Crippen LogP) is 4.97. The highest BCUT2D eigenvalue weighted by atomic mass is 16.1. The second kappa shape index (κ2) is 9.61. The number of para-hydroxylation sites is 1. The molecule has 1 aromatic heterocycles. The van der Waals surface area contributed by atoms with E-state index >= 15 is 0 Å². The summed E-state index contributed by atoms with van der Waals surface area (Å²) in [5.74, 6) is 0.895. The molecule has 7 heteroatoms. The van der Waals surface area contributed by atoms with Crippen molar-refractivity contribution >= 4 is 34.8 Å². The molecular formula is C28H24N6O. The fourth-order valence-corrected chi connectivity index (χ4v) is 4.04. The molecule has 0 saturated heterocycles. The quantitative estimate of drug-likeness (QED) is 0.249. The number of fused-ring (bicyclic) bond motifs is 2. The van der Waals surface area contributed by atoms with E-state index in [-0.39, 0.29) is 17.6 Å². The Morgan fingerprint density at radius 1 is 0.886 bits per heavy atom. The number of hydrogen-bond donors (Lipinski definition) is 4. The van der Waals surface area contributed by atoms with E-state index in [0.717, 1.165) is 11.3 Å². The number of rotatable bonds is 5. The zero-order chi connectivity index (χ0) is 24.2. The van der Waals surface area contributed by atoms with Gasteiger partial charge in [-0.05, 0) is 48.4 Å². The average Bonchev–Trinajstić information content (AvgIpc) is 3.03. The standard InChI is InChI=1S/C28H24N6O/c29-25(20-14-12-19(13-15-20)16-18-32-28(35)21-7-2-1-3-8-21)34-24-11-6-17-31-27(24)33-23-10-5-4-9-22(23)26(34)30/h1-15,17,29-30H,16,18H2,(H,31,33)(H,32,35). The molecule has 0 aliphatic carbocycles. The summed E-state index contributed by atoms with van der Waals surface area (Å²) in [6.07, 6.45) is 2.37. The van der Waals surface area contributed by atoms with Gasteiger partial charge < -0.3 is 10.6 Å². The summed E-state index contributed by atoms with van der Waals surface area (Å²) < 4.78 is 0. The van der Waals surface area contributed by atoms with Gasteiger partial charge in [-0.1, -0.05) is 54.6 Å². The molecule has 1 amide bonds. The van der Waals surface area contributed by atoms with E-state index in [4.69, 9.17) is 10.8 Å². The van der Waals surface area contributed by atoms with E-state index < -0.39 is 0 Å². The molecule has 0 atom stereocenters. The zero-order valence-electron chi connectivity index (χ0n) is 19.0. The Labute approximate surface area is 203 Å². The second-order valence-electron chi connectivity index (χ2n) is 8.14. The number of pyridine rings is 1. The number of carbonyl (C=O) groups excluding carboxylic acids is 1. The van der Waals surface area contributed by atoms with E-state index in [1.54, 1.807) is 29.3 Å². The van der Waals surface area contributed by atoms with Crippen molar-refractivity contribution in [3.8, 4) is 0 Å². The number of benzene rings is 3. The van der Waals surface area contributed by atoms with Crippen LogP contribution in [0.15, 0.2) is 97.2 Å². The highest BCUT2D eigenvalue weighted by molar-refractivity contribution is 6.30. The summed E-state index contributed by atoms with van der Waals surface area (Å²) in [6, 6.07) is 28.0. The third-order valence-corrected chi connectivity index (χ3v) is 5.87. The van der Waals surface area contributed by atoms with Gasteiger partial charge in [0.25, 0.3) is 5.91 Å². The Kier molecular flexibility index (Phi) is 6.05. The SMILES string of the molecule is N=C(c1ccc(CCNC(=O)c2ccccc2)cc1)N1C(=N)c2ccccc2Nc2ncccc21. The number of aromatic nitrogens is 1. The van der Waals surface area contributed by atoms with Crippen LogP contribution in [-0.2, 0) is 6.42 Å². The third-order valence-electron chi connectivity index (χ3n) is 5.87. The second-order valence-corrected chi connectivity index (χ2v) is 8.14. The normalized spacial score (nSPS) is 12.1. The molecule has 0 spiro atoms. The van der Waals surface area contributed by atoms with Crippen LogP contribution in [0.1, 0.15) is 27.0 Å². The predicted molar refractivity (Wildman–Crippen MR) is 139 cm³/mol. The lowest BCUT2D eigenvalue weighted by atomic mass is 10.1. The number of anilines is 3. The third kappa shape index (κ3) is 4.52. The number of amidine groups is 2. The highest BCUT2D eigenvalue weighted by Crippen LogP contribution is 2.34. The number of hydrogen-bond acceptors (Lipinski definition) is 5. The van der Waals surface area contributed by atoms with E-state index in [0.29, 0.717) is 41.2 Å². The first kappa shape index (κ1) is 22.0. The number of amides is 1. The number of carbonyl (C=O) groups is 1. The van der Waals surface area contributed by atoms with Crippen LogP contribution < -0.4 is 15.5 Å². The summed E-state index contributed by atoms with van der Waals surface area (Å²) in [5, 5.41) is 24.1. The smallest absolute Gasteiger partial charge is 0.251 e. The lowest BCUT2D eigenvalue weighted by molar-refractivity contribution is 0.0954. The molecule has 1 aliphatic rings. The fraction of sp³-hybridized carbons (Fsp3) is 0.0714. The molecule has 0 fully saturated rings. The Morgan fingerprint density at radius 3 is 2.43 bits per heavy atom. The van der Waals surface area contributed by atoms with Gasteiger partial charge in [-0.25, -0.2) is 4.98 Å². The molecule has 0 saturated carbocycles. The van der Waals surface area contributed by atoms with Crippen molar-refractivity contribution in [2.24, 2.45) is 0 Å². The van der Waals surface area contributed by atoms with E-state index in [9.17, 15) is 4.79 Å². The van der Waals surface area contributed by atoms with Gasteiger partial charge in [0.1, 0.15) is 11.7 Å². The zero-order valence-corrected chi connectivity index (χ0v) is 19.0. The van der Waals surface area contributed by atoms with Crippen LogP contribution in [0.5, 0.6) is 0 Å². The van der Waals surface area contributed by atoms with Gasteiger partial charge in [0, 0.05) is 29.4 Å². The Balaban J connectivity index is 1.33. The monoisotopic (exact) mass is 460 g/mol. The summed E-state index contributed by atoms with van der Waals surface area (Å²) in [5.41, 5.74) is 4.49. The molecule has 0 radical (unpaired) electrons. The highest BCUT2D eigenvalue weighted by Gasteiger charge is 2.28. The van der Waals surface area contributed by atoms with E-state index in [1.807, 2.05) is 72.8 Å². The summed E-state index contributed by atoms with van der Waals surface area (Å²) in [4.78, 5) is 18.3. The van der Waals surface area contributed by atoms with Gasteiger partial charge >= 0.3 is 0 Å². The van der Waals surface area contributed by atoms with Gasteiger partial charge in [-0.3, -0.25) is 20.5 Å². The maximum atomic E-state index is 12.2. The minimum atomic E-state index is -0.0927. The first-order valence-electron chi connectivity index (χ1n) is 11.3. The van der Waals surface area contributed by atoms with Crippen LogP contribution in [0, 0.1) is 10.8 Å². The van der Waals surface area contributed by atoms with Crippen molar-refractivity contribution in [2.75, 3.05) is 16.8 Å². The van der Waals surface area contributed by atoms with Crippen LogP contribution in [-0.4, -0.2) is 29.1 Å². The van der Waals surface area contributed by atoms with Crippen molar-refractivity contribution in [1.82, 2.24) is 10.3 Å². The molecule has 7 nitrogen and oxygen atoms in total. The molecule has 3 aromatic carbocycles. The largest absolute Gasteiger partial charge is 0.352 e. The molecule has 0 unspecified atom stereocenters. The van der Waals surface area contributed by atoms with Crippen LogP contribution in [0.4, 0.5) is 17.2 Å². The first-order valence-corrected chi connectivity index (χ1v) is 11.3. The lowest BCUT2D eigenvalue weighted by Gasteiger charge is -2.25. The Hall–Kier alpha value is -4.78. The molecular weight excluding hydrogens is 436 g/mol. The summed E-state index contributed by atoms with van der Waals surface area (Å²) >= 11 is 0. The van der Waals surface area contributed by atoms with Crippen molar-refractivity contribution in [3.63, 3.8) is 0 Å². The van der Waals surface area contributed by atoms with Gasteiger partial charge in [-0.2, -0.15) is 0 Å². The van der Waals surface area contributed by atoms with Crippen LogP contribution in [0.25, 0.3) is 0 Å². The van der Waals surface area contributed by atoms with Crippen LogP contribution in [0.2, 0.25) is 0 Å². The number of nitrogens with one attached hydrogen (secondary N) is 4. The molecule has 0 bridgehead atoms. The molecule has 1 aliphatic heterocycles. The Bertz CT molecular complexity index is 1400. The molecule has 35 heavy (non-hydrogen) atoms. The van der Waals surface area contributed by atoms with Crippen molar-refractivity contribution in [2.45, 2.75) is 6.42 Å². The first-order chi connectivity index (χ1) is 17.1. The van der Waals surface area contributed by atoms with Crippen molar-refractivity contribution in [1.29, 1.82) is 10.8 Å². The minimum Gasteiger partial charge on any atom is -0.352 e. The molecule has 5 rings (SSSR count). The maximum Gasteiger partial charge on any atom is 0.251 e. The minimum absolute atomic E-state index is 0.0927.